The Hall–Kier alpha value is -0.520. The average molecular weight is 315 g/mol. The Morgan fingerprint density at radius 1 is 1.47 bits per heavy atom. The molecule has 0 spiro atoms. The number of anilines is 1. The quantitative estimate of drug-likeness (QED) is 0.897. The number of thioether (sulfide) groups is 1. The van der Waals surface area contributed by atoms with E-state index in [1.807, 2.05) is 36.0 Å². The highest BCUT2D eigenvalue weighted by molar-refractivity contribution is 9.10. The van der Waals surface area contributed by atoms with Gasteiger partial charge in [-0.2, -0.15) is 11.8 Å². The second kappa shape index (κ2) is 6.42. The molecule has 3 nitrogen and oxygen atoms in total. The third kappa shape index (κ3) is 4.01. The number of carbonyl (C=O) groups is 1. The van der Waals surface area contributed by atoms with Gasteiger partial charge in [-0.05, 0) is 40.2 Å². The third-order valence-electron chi connectivity index (χ3n) is 2.63. The Bertz CT molecular complexity index is 394. The number of para-hydroxylation sites is 1. The fourth-order valence-electron chi connectivity index (χ4n) is 1.69. The number of halogens is 1. The van der Waals surface area contributed by atoms with Crippen molar-refractivity contribution < 1.29 is 4.79 Å². The number of benzene rings is 1. The molecule has 1 saturated heterocycles. The first-order chi connectivity index (χ1) is 8.25. The lowest BCUT2D eigenvalue weighted by Crippen LogP contribution is -2.36. The van der Waals surface area contributed by atoms with Crippen LogP contribution in [0.15, 0.2) is 28.7 Å². The van der Waals surface area contributed by atoms with Crippen LogP contribution in [-0.4, -0.2) is 30.0 Å². The highest BCUT2D eigenvalue weighted by Crippen LogP contribution is 2.21. The van der Waals surface area contributed by atoms with Gasteiger partial charge in [0.05, 0.1) is 12.2 Å². The Balaban J connectivity index is 1.79. The molecule has 1 heterocycles. The molecule has 0 aliphatic carbocycles. The molecule has 1 amide bonds. The van der Waals surface area contributed by atoms with Gasteiger partial charge in [-0.15, -0.1) is 0 Å². The van der Waals surface area contributed by atoms with Crippen molar-refractivity contribution in [2.75, 3.05) is 23.4 Å². The van der Waals surface area contributed by atoms with Gasteiger partial charge in [0.15, 0.2) is 0 Å². The molecule has 1 aromatic rings. The zero-order valence-corrected chi connectivity index (χ0v) is 11.8. The lowest BCUT2D eigenvalue weighted by atomic mass is 10.2. The molecule has 5 heteroatoms. The summed E-state index contributed by atoms with van der Waals surface area (Å²) in [4.78, 5) is 11.7. The van der Waals surface area contributed by atoms with E-state index in [9.17, 15) is 4.79 Å². The average Bonchev–Trinajstić information content (AvgIpc) is 2.82. The highest BCUT2D eigenvalue weighted by atomic mass is 79.9. The molecule has 0 saturated carbocycles. The van der Waals surface area contributed by atoms with Crippen molar-refractivity contribution in [2.24, 2.45) is 0 Å². The van der Waals surface area contributed by atoms with Crippen molar-refractivity contribution >= 4 is 39.3 Å². The van der Waals surface area contributed by atoms with Gasteiger partial charge in [-0.3, -0.25) is 4.79 Å². The summed E-state index contributed by atoms with van der Waals surface area (Å²) in [7, 11) is 0. The summed E-state index contributed by atoms with van der Waals surface area (Å²) >= 11 is 5.34. The second-order valence-electron chi connectivity index (χ2n) is 3.97. The Labute approximate surface area is 114 Å². The molecule has 17 heavy (non-hydrogen) atoms. The van der Waals surface area contributed by atoms with Gasteiger partial charge in [0.2, 0.25) is 5.91 Å². The Morgan fingerprint density at radius 3 is 3.00 bits per heavy atom. The molecule has 2 N–H and O–H groups in total. The van der Waals surface area contributed by atoms with Gasteiger partial charge in [0.1, 0.15) is 0 Å². The summed E-state index contributed by atoms with van der Waals surface area (Å²) in [6.07, 6.45) is 1.16. The van der Waals surface area contributed by atoms with Crippen LogP contribution in [0.4, 0.5) is 5.69 Å². The van der Waals surface area contributed by atoms with E-state index in [0.29, 0.717) is 12.6 Å². The standard InChI is InChI=1S/C12H15BrN2OS/c13-10-3-1-2-4-11(10)15-12(16)7-14-9-5-6-17-8-9/h1-4,9,14H,5-8H2,(H,15,16). The maximum absolute atomic E-state index is 11.7. The normalized spacial score (nSPS) is 19.2. The minimum Gasteiger partial charge on any atom is -0.324 e. The van der Waals surface area contributed by atoms with Gasteiger partial charge in [-0.1, -0.05) is 12.1 Å². The van der Waals surface area contributed by atoms with Crippen LogP contribution < -0.4 is 10.6 Å². The first kappa shape index (κ1) is 12.9. The summed E-state index contributed by atoms with van der Waals surface area (Å²) in [6.45, 7) is 0.382. The molecular formula is C12H15BrN2OS. The monoisotopic (exact) mass is 314 g/mol. The fourth-order valence-corrected chi connectivity index (χ4v) is 3.26. The minimum absolute atomic E-state index is 0.00815. The van der Waals surface area contributed by atoms with Crippen molar-refractivity contribution in [1.29, 1.82) is 0 Å². The third-order valence-corrected chi connectivity index (χ3v) is 4.48. The van der Waals surface area contributed by atoms with Crippen LogP contribution in [0.1, 0.15) is 6.42 Å². The summed E-state index contributed by atoms with van der Waals surface area (Å²) in [5, 5.41) is 6.15. The van der Waals surface area contributed by atoms with E-state index in [1.54, 1.807) is 0 Å². The van der Waals surface area contributed by atoms with Crippen molar-refractivity contribution in [3.63, 3.8) is 0 Å². The summed E-state index contributed by atoms with van der Waals surface area (Å²) in [5.41, 5.74) is 0.820. The molecule has 1 atom stereocenters. The Morgan fingerprint density at radius 2 is 2.29 bits per heavy atom. The smallest absolute Gasteiger partial charge is 0.238 e. The Kier molecular flexibility index (Phi) is 4.88. The van der Waals surface area contributed by atoms with Crippen LogP contribution >= 0.6 is 27.7 Å². The number of amides is 1. The first-order valence-corrected chi connectivity index (χ1v) is 7.56. The number of carbonyl (C=O) groups excluding carboxylic acids is 1. The van der Waals surface area contributed by atoms with E-state index < -0.39 is 0 Å². The van der Waals surface area contributed by atoms with Crippen molar-refractivity contribution in [3.05, 3.63) is 28.7 Å². The first-order valence-electron chi connectivity index (χ1n) is 5.61. The van der Waals surface area contributed by atoms with E-state index in [2.05, 4.69) is 26.6 Å². The van der Waals surface area contributed by atoms with Crippen LogP contribution in [-0.2, 0) is 4.79 Å². The molecule has 1 aliphatic heterocycles. The van der Waals surface area contributed by atoms with Gasteiger partial charge < -0.3 is 10.6 Å². The van der Waals surface area contributed by atoms with Crippen LogP contribution in [0.25, 0.3) is 0 Å². The molecule has 2 rings (SSSR count). The summed E-state index contributed by atoms with van der Waals surface area (Å²) < 4.78 is 0.907. The van der Waals surface area contributed by atoms with Gasteiger partial charge >= 0.3 is 0 Å². The molecule has 0 aromatic heterocycles. The van der Waals surface area contributed by atoms with Crippen LogP contribution in [0, 0.1) is 0 Å². The number of nitrogens with one attached hydrogen (secondary N) is 2. The molecule has 1 aliphatic rings. The second-order valence-corrected chi connectivity index (χ2v) is 5.97. The maximum Gasteiger partial charge on any atom is 0.238 e. The predicted molar refractivity (Wildman–Crippen MR) is 76.5 cm³/mol. The van der Waals surface area contributed by atoms with Crippen LogP contribution in [0.3, 0.4) is 0 Å². The number of rotatable bonds is 4. The highest BCUT2D eigenvalue weighted by Gasteiger charge is 2.15. The fraction of sp³-hybridized carbons (Fsp3) is 0.417. The molecule has 0 radical (unpaired) electrons. The van der Waals surface area contributed by atoms with Gasteiger partial charge in [0, 0.05) is 16.3 Å². The number of hydrogen-bond donors (Lipinski definition) is 2. The molecular weight excluding hydrogens is 300 g/mol. The molecule has 0 bridgehead atoms. The van der Waals surface area contributed by atoms with Crippen molar-refractivity contribution in [2.45, 2.75) is 12.5 Å². The molecule has 1 aromatic carbocycles. The number of hydrogen-bond acceptors (Lipinski definition) is 3. The van der Waals surface area contributed by atoms with Crippen molar-refractivity contribution in [3.8, 4) is 0 Å². The van der Waals surface area contributed by atoms with Crippen LogP contribution in [0.5, 0.6) is 0 Å². The summed E-state index contributed by atoms with van der Waals surface area (Å²) in [5.74, 6) is 2.32. The van der Waals surface area contributed by atoms with E-state index >= 15 is 0 Å². The topological polar surface area (TPSA) is 41.1 Å². The zero-order valence-electron chi connectivity index (χ0n) is 9.41. The van der Waals surface area contributed by atoms with E-state index in [0.717, 1.165) is 22.3 Å². The SMILES string of the molecule is O=C(CNC1CCSC1)Nc1ccccc1Br. The van der Waals surface area contributed by atoms with E-state index in [-0.39, 0.29) is 5.91 Å². The minimum atomic E-state index is 0.00815. The largest absolute Gasteiger partial charge is 0.324 e. The summed E-state index contributed by atoms with van der Waals surface area (Å²) in [6, 6.07) is 8.11. The predicted octanol–water partition coefficient (Wildman–Crippen LogP) is 2.48. The van der Waals surface area contributed by atoms with Gasteiger partial charge in [-0.25, -0.2) is 0 Å². The molecule has 1 unspecified atom stereocenters. The van der Waals surface area contributed by atoms with Gasteiger partial charge in [0.25, 0.3) is 0 Å². The lowest BCUT2D eigenvalue weighted by Gasteiger charge is -2.11. The van der Waals surface area contributed by atoms with Crippen molar-refractivity contribution in [1.82, 2.24) is 5.32 Å². The molecule has 1 fully saturated rings. The molecule has 92 valence electrons. The van der Waals surface area contributed by atoms with E-state index in [1.165, 1.54) is 5.75 Å². The van der Waals surface area contributed by atoms with E-state index in [4.69, 9.17) is 0 Å². The zero-order chi connectivity index (χ0) is 12.1. The van der Waals surface area contributed by atoms with Crippen LogP contribution in [0.2, 0.25) is 0 Å². The maximum atomic E-state index is 11.7. The lowest BCUT2D eigenvalue weighted by molar-refractivity contribution is -0.115.